The van der Waals surface area contributed by atoms with Crippen molar-refractivity contribution in [3.8, 4) is 0 Å². The lowest BCUT2D eigenvalue weighted by atomic mass is 9.41. The Morgan fingerprint density at radius 2 is 1.77 bits per heavy atom. The first kappa shape index (κ1) is 9.43. The van der Waals surface area contributed by atoms with E-state index in [1.165, 1.54) is 4.31 Å². The highest BCUT2D eigenvalue weighted by Gasteiger charge is 2.66. The monoisotopic (exact) mass is 204 g/mol. The van der Waals surface area contributed by atoms with E-state index in [0.717, 1.165) is 19.3 Å². The Balaban J connectivity index is 2.01. The maximum Gasteiger partial charge on any atom is 0.214 e. The molecule has 0 aromatic carbocycles. The lowest BCUT2D eigenvalue weighted by molar-refractivity contribution is -0.112. The molecule has 76 valence electrons. The van der Waals surface area contributed by atoms with Crippen molar-refractivity contribution in [1.82, 2.24) is 4.31 Å². The van der Waals surface area contributed by atoms with Gasteiger partial charge in [-0.25, -0.2) is 12.7 Å². The minimum Gasteiger partial charge on any atom is -0.325 e. The Labute approximate surface area is 79.1 Å². The molecule has 4 nitrogen and oxygen atoms in total. The van der Waals surface area contributed by atoms with E-state index in [2.05, 4.69) is 0 Å². The second kappa shape index (κ2) is 2.27. The molecule has 3 saturated carbocycles. The van der Waals surface area contributed by atoms with Crippen LogP contribution < -0.4 is 5.73 Å². The molecule has 0 saturated heterocycles. The van der Waals surface area contributed by atoms with Gasteiger partial charge < -0.3 is 5.73 Å². The topological polar surface area (TPSA) is 63.4 Å². The molecule has 0 aromatic heterocycles. The van der Waals surface area contributed by atoms with Crippen LogP contribution in [-0.4, -0.2) is 38.1 Å². The molecule has 5 heteroatoms. The summed E-state index contributed by atoms with van der Waals surface area (Å²) in [6.45, 7) is 0. The van der Waals surface area contributed by atoms with E-state index in [1.54, 1.807) is 14.1 Å². The summed E-state index contributed by atoms with van der Waals surface area (Å²) < 4.78 is 24.4. The zero-order chi connectivity index (χ0) is 9.91. The summed E-state index contributed by atoms with van der Waals surface area (Å²) in [5.74, 6) is 0.284. The van der Waals surface area contributed by atoms with Crippen molar-refractivity contribution in [3.05, 3.63) is 0 Å². The summed E-state index contributed by atoms with van der Waals surface area (Å²) in [6.07, 6.45) is 2.69. The third-order valence-corrected chi connectivity index (χ3v) is 5.32. The number of hydrogen-bond donors (Lipinski definition) is 1. The highest BCUT2D eigenvalue weighted by atomic mass is 32.2. The summed E-state index contributed by atoms with van der Waals surface area (Å²) in [7, 11) is 0.137. The largest absolute Gasteiger partial charge is 0.325 e. The van der Waals surface area contributed by atoms with E-state index in [9.17, 15) is 8.42 Å². The van der Waals surface area contributed by atoms with Gasteiger partial charge in [-0.05, 0) is 24.7 Å². The standard InChI is InChI=1S/C8H16N2O2S/c1-10(2)13(11,12)6-7-3-8(9,4-7)5-7/h3-6,9H2,1-2H3. The van der Waals surface area contributed by atoms with Crippen molar-refractivity contribution in [2.24, 2.45) is 11.1 Å². The number of rotatable bonds is 3. The van der Waals surface area contributed by atoms with Crippen molar-refractivity contribution in [2.45, 2.75) is 24.8 Å². The number of nitrogens with two attached hydrogens (primary N) is 1. The van der Waals surface area contributed by atoms with Crippen LogP contribution in [0.15, 0.2) is 0 Å². The fraction of sp³-hybridized carbons (Fsp3) is 1.00. The Morgan fingerprint density at radius 1 is 1.31 bits per heavy atom. The predicted octanol–water partition coefficient (Wildman–Crippen LogP) is -0.241. The summed E-state index contributed by atoms with van der Waals surface area (Å²) in [4.78, 5) is 0. The average Bonchev–Trinajstić information content (AvgIpc) is 1.80. The molecule has 3 rings (SSSR count). The second-order valence-electron chi connectivity index (χ2n) is 4.93. The third kappa shape index (κ3) is 1.30. The van der Waals surface area contributed by atoms with Gasteiger partial charge in [-0.1, -0.05) is 0 Å². The molecule has 0 atom stereocenters. The minimum atomic E-state index is -3.03. The van der Waals surface area contributed by atoms with E-state index < -0.39 is 10.0 Å². The summed E-state index contributed by atoms with van der Waals surface area (Å²) in [5.41, 5.74) is 5.90. The fourth-order valence-electron chi connectivity index (χ4n) is 2.75. The lowest BCUT2D eigenvalue weighted by Gasteiger charge is -2.69. The van der Waals surface area contributed by atoms with Gasteiger partial charge in [0.05, 0.1) is 5.75 Å². The van der Waals surface area contributed by atoms with Gasteiger partial charge in [0.25, 0.3) is 0 Å². The van der Waals surface area contributed by atoms with Gasteiger partial charge in [0.15, 0.2) is 0 Å². The summed E-state index contributed by atoms with van der Waals surface area (Å²) in [5, 5.41) is 0. The SMILES string of the molecule is CN(C)S(=O)(=O)CC12CC(N)(C1)C2. The molecule has 2 N–H and O–H groups in total. The molecule has 3 fully saturated rings. The maximum absolute atomic E-state index is 11.6. The first-order valence-corrected chi connectivity index (χ1v) is 6.07. The number of sulfonamides is 1. The molecule has 0 heterocycles. The second-order valence-corrected chi connectivity index (χ2v) is 7.11. The van der Waals surface area contributed by atoms with Crippen LogP contribution >= 0.6 is 0 Å². The molecular formula is C8H16N2O2S. The molecule has 0 spiro atoms. The first-order chi connectivity index (χ1) is 5.77. The van der Waals surface area contributed by atoms with Gasteiger partial charge >= 0.3 is 0 Å². The third-order valence-electron chi connectivity index (χ3n) is 3.23. The molecule has 2 bridgehead atoms. The molecule has 0 amide bonds. The summed E-state index contributed by atoms with van der Waals surface area (Å²) >= 11 is 0. The lowest BCUT2D eigenvalue weighted by Crippen LogP contribution is -2.74. The predicted molar refractivity (Wildman–Crippen MR) is 50.7 cm³/mol. The molecule has 0 aliphatic heterocycles. The average molecular weight is 204 g/mol. The maximum atomic E-state index is 11.6. The van der Waals surface area contributed by atoms with E-state index in [4.69, 9.17) is 5.73 Å². The Morgan fingerprint density at radius 3 is 2.08 bits per heavy atom. The Kier molecular flexibility index (Phi) is 1.64. The quantitative estimate of drug-likeness (QED) is 0.690. The normalized spacial score (nSPS) is 42.8. The van der Waals surface area contributed by atoms with Crippen molar-refractivity contribution in [1.29, 1.82) is 0 Å². The van der Waals surface area contributed by atoms with Crippen LogP contribution in [0.3, 0.4) is 0 Å². The van der Waals surface area contributed by atoms with E-state index in [1.807, 2.05) is 0 Å². The minimum absolute atomic E-state index is 0.00182. The number of hydrogen-bond acceptors (Lipinski definition) is 3. The Bertz CT molecular complexity index is 314. The van der Waals surface area contributed by atoms with Crippen LogP contribution in [0, 0.1) is 5.41 Å². The molecular weight excluding hydrogens is 188 g/mol. The van der Waals surface area contributed by atoms with Crippen molar-refractivity contribution < 1.29 is 8.42 Å². The molecule has 13 heavy (non-hydrogen) atoms. The van der Waals surface area contributed by atoms with Crippen LogP contribution in [-0.2, 0) is 10.0 Å². The van der Waals surface area contributed by atoms with E-state index >= 15 is 0 Å². The molecule has 0 radical (unpaired) electrons. The van der Waals surface area contributed by atoms with Crippen LogP contribution in [0.4, 0.5) is 0 Å². The van der Waals surface area contributed by atoms with Gasteiger partial charge in [-0.2, -0.15) is 0 Å². The Hall–Kier alpha value is -0.130. The highest BCUT2D eigenvalue weighted by molar-refractivity contribution is 7.89. The van der Waals surface area contributed by atoms with Gasteiger partial charge in [-0.15, -0.1) is 0 Å². The van der Waals surface area contributed by atoms with E-state index in [-0.39, 0.29) is 16.7 Å². The zero-order valence-corrected chi connectivity index (χ0v) is 8.89. The summed E-state index contributed by atoms with van der Waals surface area (Å²) in [6, 6.07) is 0. The fourth-order valence-corrected chi connectivity index (χ4v) is 4.09. The van der Waals surface area contributed by atoms with Crippen molar-refractivity contribution in [2.75, 3.05) is 19.8 Å². The van der Waals surface area contributed by atoms with Gasteiger partial charge in [0.2, 0.25) is 10.0 Å². The molecule has 0 aromatic rings. The van der Waals surface area contributed by atoms with Crippen molar-refractivity contribution in [3.63, 3.8) is 0 Å². The van der Waals surface area contributed by atoms with E-state index in [0.29, 0.717) is 0 Å². The smallest absolute Gasteiger partial charge is 0.214 e. The van der Waals surface area contributed by atoms with Gasteiger partial charge in [0.1, 0.15) is 0 Å². The van der Waals surface area contributed by atoms with Crippen LogP contribution in [0.5, 0.6) is 0 Å². The van der Waals surface area contributed by atoms with Crippen LogP contribution in [0.2, 0.25) is 0 Å². The van der Waals surface area contributed by atoms with Gasteiger partial charge in [0, 0.05) is 19.6 Å². The zero-order valence-electron chi connectivity index (χ0n) is 8.08. The number of nitrogens with zero attached hydrogens (tertiary/aromatic N) is 1. The highest BCUT2D eigenvalue weighted by Crippen LogP contribution is 2.66. The molecule has 0 unspecified atom stereocenters. The van der Waals surface area contributed by atoms with Crippen molar-refractivity contribution >= 4 is 10.0 Å². The van der Waals surface area contributed by atoms with Gasteiger partial charge in [-0.3, -0.25) is 0 Å². The first-order valence-electron chi connectivity index (χ1n) is 4.46. The van der Waals surface area contributed by atoms with Crippen LogP contribution in [0.25, 0.3) is 0 Å². The van der Waals surface area contributed by atoms with Crippen LogP contribution in [0.1, 0.15) is 19.3 Å². The molecule has 3 aliphatic rings. The molecule has 3 aliphatic carbocycles.